The number of hydrogen-bond acceptors (Lipinski definition) is 9. The number of ether oxygens (including phenoxy) is 2. The second kappa shape index (κ2) is 7.38. The van der Waals surface area contributed by atoms with E-state index in [-0.39, 0.29) is 5.41 Å². The average molecular weight is 397 g/mol. The highest BCUT2D eigenvalue weighted by Crippen LogP contribution is 2.49. The van der Waals surface area contributed by atoms with Gasteiger partial charge in [0.2, 0.25) is 17.8 Å². The lowest BCUT2D eigenvalue weighted by molar-refractivity contribution is 0.122. The highest BCUT2D eigenvalue weighted by Gasteiger charge is 2.55. The van der Waals surface area contributed by atoms with Gasteiger partial charge in [0.25, 0.3) is 0 Å². The zero-order valence-electron chi connectivity index (χ0n) is 17.0. The van der Waals surface area contributed by atoms with E-state index in [0.29, 0.717) is 11.8 Å². The fraction of sp³-hybridized carbons (Fsp3) is 0.600. The van der Waals surface area contributed by atoms with Crippen LogP contribution in [-0.4, -0.2) is 91.5 Å². The number of rotatable bonds is 4. The van der Waals surface area contributed by atoms with Crippen molar-refractivity contribution in [1.29, 1.82) is 0 Å². The van der Waals surface area contributed by atoms with Crippen LogP contribution in [0.5, 0.6) is 5.88 Å². The lowest BCUT2D eigenvalue weighted by atomic mass is 9.70. The van der Waals surface area contributed by atoms with E-state index in [2.05, 4.69) is 42.8 Å². The van der Waals surface area contributed by atoms with Gasteiger partial charge in [-0.3, -0.25) is 0 Å². The van der Waals surface area contributed by atoms with Crippen molar-refractivity contribution in [2.45, 2.75) is 5.92 Å². The van der Waals surface area contributed by atoms with Gasteiger partial charge in [-0.25, -0.2) is 15.0 Å². The predicted molar refractivity (Wildman–Crippen MR) is 109 cm³/mol. The third-order valence-electron chi connectivity index (χ3n) is 6.25. The molecule has 154 valence electrons. The molecule has 1 atom stereocenters. The van der Waals surface area contributed by atoms with Gasteiger partial charge in [-0.2, -0.15) is 4.98 Å². The van der Waals surface area contributed by atoms with E-state index in [9.17, 15) is 0 Å². The summed E-state index contributed by atoms with van der Waals surface area (Å²) in [4.78, 5) is 25.3. The lowest BCUT2D eigenvalue weighted by Gasteiger charge is -2.51. The molecule has 0 N–H and O–H groups in total. The third kappa shape index (κ3) is 3.38. The van der Waals surface area contributed by atoms with Gasteiger partial charge < -0.3 is 24.2 Å². The van der Waals surface area contributed by atoms with Crippen LogP contribution in [0.15, 0.2) is 24.5 Å². The highest BCUT2D eigenvalue weighted by molar-refractivity contribution is 5.42. The number of likely N-dealkylation sites (N-methyl/N-ethyl adjacent to an activating group) is 1. The quantitative estimate of drug-likeness (QED) is 0.739. The molecule has 5 rings (SSSR count). The van der Waals surface area contributed by atoms with Crippen LogP contribution in [0.2, 0.25) is 0 Å². The number of hydrogen-bond donors (Lipinski definition) is 0. The topological polar surface area (TPSA) is 79.7 Å². The molecule has 9 heteroatoms. The van der Waals surface area contributed by atoms with Crippen molar-refractivity contribution in [2.24, 2.45) is 5.41 Å². The van der Waals surface area contributed by atoms with Gasteiger partial charge in [0.1, 0.15) is 0 Å². The van der Waals surface area contributed by atoms with Crippen molar-refractivity contribution < 1.29 is 9.47 Å². The smallest absolute Gasteiger partial charge is 0.228 e. The Morgan fingerprint density at radius 2 is 1.72 bits per heavy atom. The molecule has 3 saturated heterocycles. The molecular formula is C20H27N7O2. The maximum absolute atomic E-state index is 5.47. The largest absolute Gasteiger partial charge is 0.481 e. The first kappa shape index (κ1) is 18.5. The maximum Gasteiger partial charge on any atom is 0.228 e. The maximum atomic E-state index is 5.47. The second-order valence-electron chi connectivity index (χ2n) is 8.25. The Balaban J connectivity index is 1.36. The normalized spacial score (nSPS) is 24.0. The SMILES string of the molecule is COc1ccnc(N2CC3(CN(C)CC3c3ccnc(N4CCOCC4)n3)C2)n1. The Kier molecular flexibility index (Phi) is 4.71. The zero-order valence-corrected chi connectivity index (χ0v) is 17.0. The average Bonchev–Trinajstić information content (AvgIpc) is 3.11. The third-order valence-corrected chi connectivity index (χ3v) is 6.25. The number of aromatic nitrogens is 4. The molecule has 0 radical (unpaired) electrons. The summed E-state index contributed by atoms with van der Waals surface area (Å²) < 4.78 is 10.7. The van der Waals surface area contributed by atoms with Crippen LogP contribution in [0.25, 0.3) is 0 Å². The molecule has 3 aliphatic rings. The van der Waals surface area contributed by atoms with Crippen LogP contribution in [0.1, 0.15) is 11.6 Å². The van der Waals surface area contributed by atoms with Gasteiger partial charge in [-0.1, -0.05) is 0 Å². The van der Waals surface area contributed by atoms with Crippen LogP contribution in [0, 0.1) is 5.41 Å². The molecule has 1 spiro atoms. The minimum absolute atomic E-state index is 0.165. The van der Waals surface area contributed by atoms with Gasteiger partial charge in [0.05, 0.1) is 26.0 Å². The summed E-state index contributed by atoms with van der Waals surface area (Å²) in [6.45, 7) is 7.07. The summed E-state index contributed by atoms with van der Waals surface area (Å²) in [6, 6.07) is 3.86. The molecule has 0 bridgehead atoms. The molecule has 2 aromatic heterocycles. The monoisotopic (exact) mass is 397 g/mol. The minimum Gasteiger partial charge on any atom is -0.481 e. The van der Waals surface area contributed by atoms with E-state index in [1.54, 1.807) is 19.4 Å². The van der Waals surface area contributed by atoms with E-state index in [1.807, 2.05) is 6.20 Å². The molecule has 0 saturated carbocycles. The lowest BCUT2D eigenvalue weighted by Crippen LogP contribution is -2.60. The Hall–Kier alpha value is -2.52. The Labute approximate surface area is 170 Å². The highest BCUT2D eigenvalue weighted by atomic mass is 16.5. The number of anilines is 2. The molecule has 9 nitrogen and oxygen atoms in total. The van der Waals surface area contributed by atoms with E-state index >= 15 is 0 Å². The predicted octanol–water partition coefficient (Wildman–Crippen LogP) is 0.647. The van der Waals surface area contributed by atoms with Gasteiger partial charge in [0.15, 0.2) is 0 Å². The standard InChI is InChI=1S/C20H27N7O2/c1-25-11-15(16-3-5-21-18(23-16)26-7-9-29-10-8-26)20(12-25)13-27(14-20)19-22-6-4-17(24-19)28-2/h3-6,15H,7-14H2,1-2H3. The molecule has 0 amide bonds. The van der Waals surface area contributed by atoms with Crippen molar-refractivity contribution in [2.75, 3.05) is 76.4 Å². The Morgan fingerprint density at radius 3 is 2.48 bits per heavy atom. The molecule has 5 heterocycles. The van der Waals surface area contributed by atoms with E-state index in [1.165, 1.54) is 0 Å². The summed E-state index contributed by atoms with van der Waals surface area (Å²) in [6.07, 6.45) is 3.66. The van der Waals surface area contributed by atoms with Crippen molar-refractivity contribution in [3.8, 4) is 5.88 Å². The van der Waals surface area contributed by atoms with Crippen LogP contribution >= 0.6 is 0 Å². The first-order valence-electron chi connectivity index (χ1n) is 10.1. The van der Waals surface area contributed by atoms with Crippen molar-refractivity contribution in [3.63, 3.8) is 0 Å². The number of nitrogens with zero attached hydrogens (tertiary/aromatic N) is 7. The van der Waals surface area contributed by atoms with E-state index in [0.717, 1.165) is 70.1 Å². The van der Waals surface area contributed by atoms with Crippen molar-refractivity contribution in [3.05, 3.63) is 30.2 Å². The molecule has 1 unspecified atom stereocenters. The molecule has 0 aromatic carbocycles. The summed E-state index contributed by atoms with van der Waals surface area (Å²) in [5.41, 5.74) is 1.30. The van der Waals surface area contributed by atoms with Crippen LogP contribution in [0.4, 0.5) is 11.9 Å². The first-order chi connectivity index (χ1) is 14.2. The van der Waals surface area contributed by atoms with Crippen LogP contribution in [0.3, 0.4) is 0 Å². The molecule has 3 aliphatic heterocycles. The minimum atomic E-state index is 0.165. The molecule has 0 aliphatic carbocycles. The Morgan fingerprint density at radius 1 is 1.00 bits per heavy atom. The van der Waals surface area contributed by atoms with Gasteiger partial charge in [-0.05, 0) is 13.1 Å². The molecular weight excluding hydrogens is 370 g/mol. The van der Waals surface area contributed by atoms with Crippen LogP contribution in [-0.2, 0) is 4.74 Å². The van der Waals surface area contributed by atoms with Gasteiger partial charge >= 0.3 is 0 Å². The molecule has 3 fully saturated rings. The summed E-state index contributed by atoms with van der Waals surface area (Å²) in [7, 11) is 3.82. The van der Waals surface area contributed by atoms with Gasteiger partial charge in [0, 0.05) is 69.1 Å². The fourth-order valence-corrected chi connectivity index (χ4v) is 4.87. The Bertz CT molecular complexity index is 867. The summed E-state index contributed by atoms with van der Waals surface area (Å²) in [5, 5.41) is 0. The van der Waals surface area contributed by atoms with E-state index < -0.39 is 0 Å². The number of likely N-dealkylation sites (tertiary alicyclic amines) is 1. The summed E-state index contributed by atoms with van der Waals surface area (Å²) in [5.74, 6) is 2.53. The van der Waals surface area contributed by atoms with E-state index in [4.69, 9.17) is 14.5 Å². The summed E-state index contributed by atoms with van der Waals surface area (Å²) >= 11 is 0. The van der Waals surface area contributed by atoms with Gasteiger partial charge in [-0.15, -0.1) is 0 Å². The second-order valence-corrected chi connectivity index (χ2v) is 8.25. The van der Waals surface area contributed by atoms with Crippen LogP contribution < -0.4 is 14.5 Å². The molecule has 29 heavy (non-hydrogen) atoms. The van der Waals surface area contributed by atoms with Crippen molar-refractivity contribution >= 4 is 11.9 Å². The zero-order chi connectivity index (χ0) is 19.8. The van der Waals surface area contributed by atoms with Crippen molar-refractivity contribution in [1.82, 2.24) is 24.8 Å². The number of methoxy groups -OCH3 is 1. The fourth-order valence-electron chi connectivity index (χ4n) is 4.87. The first-order valence-corrected chi connectivity index (χ1v) is 10.1. The number of morpholine rings is 1. The molecule has 2 aromatic rings.